The minimum absolute atomic E-state index is 0.283. The first kappa shape index (κ1) is 36.0. The summed E-state index contributed by atoms with van der Waals surface area (Å²) >= 11 is 7.43. The van der Waals surface area contributed by atoms with Gasteiger partial charge in [0.15, 0.2) is 58.8 Å². The Balaban J connectivity index is 1.03. The molecule has 2 aliphatic heterocycles. The Morgan fingerprint density at radius 1 is 0.796 bits per heavy atom. The maximum absolute atomic E-state index is 15.2. The maximum Gasteiger partial charge on any atom is 0.243 e. The first-order valence-corrected chi connectivity index (χ1v) is 20.0. The van der Waals surface area contributed by atoms with E-state index < -0.39 is 76.9 Å². The highest BCUT2D eigenvalue weighted by molar-refractivity contribution is 8.39. The highest BCUT2D eigenvalue weighted by atomic mass is 32.7. The van der Waals surface area contributed by atoms with E-state index in [-0.39, 0.29) is 11.3 Å². The van der Waals surface area contributed by atoms with Gasteiger partial charge in [0, 0.05) is 13.1 Å². The summed E-state index contributed by atoms with van der Waals surface area (Å²) in [5.74, 6) is 0.815. The van der Waals surface area contributed by atoms with Crippen LogP contribution in [0.1, 0.15) is 18.9 Å². The van der Waals surface area contributed by atoms with Crippen molar-refractivity contribution in [2.75, 3.05) is 36.9 Å². The van der Waals surface area contributed by atoms with Crippen molar-refractivity contribution in [3.8, 4) is 0 Å². The van der Waals surface area contributed by atoms with E-state index in [1.54, 1.807) is 0 Å². The Hall–Kier alpha value is -2.78. The van der Waals surface area contributed by atoms with E-state index >= 15 is 8.78 Å². The van der Waals surface area contributed by atoms with Crippen molar-refractivity contribution in [3.63, 3.8) is 0 Å². The predicted molar refractivity (Wildman–Crippen MR) is 179 cm³/mol. The van der Waals surface area contributed by atoms with Crippen molar-refractivity contribution >= 4 is 72.9 Å². The molecule has 6 rings (SSSR count). The third kappa shape index (κ3) is 7.63. The van der Waals surface area contributed by atoms with Gasteiger partial charge in [-0.05, 0) is 6.42 Å². The lowest BCUT2D eigenvalue weighted by molar-refractivity contribution is -0.0427. The van der Waals surface area contributed by atoms with Gasteiger partial charge in [-0.15, -0.1) is 0 Å². The summed E-state index contributed by atoms with van der Waals surface area (Å²) in [6, 6.07) is 0. The molecule has 0 aromatic carbocycles. The molecule has 10 atom stereocenters. The number of aliphatic hydroxyl groups excluding tert-OH is 2. The third-order valence-corrected chi connectivity index (χ3v) is 9.37. The molecule has 0 bridgehead atoms. The van der Waals surface area contributed by atoms with Gasteiger partial charge in [0.05, 0.1) is 25.9 Å². The molecule has 2 aliphatic rings. The fraction of sp³-hybridized carbons (Fsp3) is 0.520. The van der Waals surface area contributed by atoms with Crippen molar-refractivity contribution in [2.24, 2.45) is 0 Å². The van der Waals surface area contributed by atoms with Crippen molar-refractivity contribution in [2.45, 2.75) is 55.6 Å². The van der Waals surface area contributed by atoms with Gasteiger partial charge in [-0.2, -0.15) is 0 Å². The Kier molecular flexibility index (Phi) is 11.8. The van der Waals surface area contributed by atoms with Gasteiger partial charge in [-0.1, -0.05) is 36.6 Å². The number of anilines is 2. The number of hydrogen-bond acceptors (Lipinski definition) is 16. The lowest BCUT2D eigenvalue weighted by Gasteiger charge is -2.16. The molecule has 0 amide bonds. The van der Waals surface area contributed by atoms with Crippen molar-refractivity contribution in [1.29, 1.82) is 0 Å². The fourth-order valence-electron chi connectivity index (χ4n) is 5.61. The molecule has 4 aromatic heterocycles. The Morgan fingerprint density at radius 3 is 1.76 bits per heavy atom. The number of aromatic nitrogens is 8. The van der Waals surface area contributed by atoms with E-state index in [9.17, 15) is 19.3 Å². The zero-order chi connectivity index (χ0) is 34.7. The first-order valence-electron chi connectivity index (χ1n) is 14.8. The number of nitrogens with zero attached hydrogens (tertiary/aromatic N) is 8. The number of halogens is 2. The standard InChI is InChI=1S/C25H32F2N10O8P2S2/c26-14-18(44-46(40)48)12(6-38)42-24(14)36-10-34-16-20(30-8-32-22(16)36)28-4-2-1-3-5-29-21-17-23(33-9-31-21)37(11-35-17)25-15(27)19(45-47(41)49)13(7-39)43-25/h1-2,8-15,18-19,24-25,38-39,46-47H,3-7H2,(H,40,48)(H,41,49)(H,28,30,32)(H,29,31,33)/b2-1+/t12?,13-,14-,15-,18-,19-,24?,25?/m1/s1. The van der Waals surface area contributed by atoms with E-state index in [1.807, 2.05) is 12.2 Å². The van der Waals surface area contributed by atoms with Crippen LogP contribution in [-0.4, -0.2) is 112 Å². The number of ether oxygens (including phenoxy) is 2. The minimum Gasteiger partial charge on any atom is -0.394 e. The fourth-order valence-corrected chi connectivity index (χ4v) is 7.37. The van der Waals surface area contributed by atoms with Crippen molar-refractivity contribution in [3.05, 3.63) is 37.5 Å². The normalized spacial score (nSPS) is 28.5. The van der Waals surface area contributed by atoms with Gasteiger partial charge in [-0.3, -0.25) is 18.3 Å². The molecule has 2 saturated heterocycles. The van der Waals surface area contributed by atoms with E-state index in [2.05, 4.69) is 65.0 Å². The number of thiol groups is 2. The summed E-state index contributed by atoms with van der Waals surface area (Å²) in [7, 11) is -5.57. The SMILES string of the molecule is O=[PH](S)O[C@@H]1[C@@H](CO)OC(n2cnc3c(NCC/C=C/CNc4ncnc5c4ncn5C4OC(CO)[C@@H](O[PH](=O)S)[C@H]4F)ncnc32)[C@@H]1F. The molecular weight excluding hydrogens is 732 g/mol. The molecule has 0 spiro atoms. The van der Waals surface area contributed by atoms with E-state index in [0.29, 0.717) is 42.2 Å². The number of aliphatic hydroxyl groups is 2. The number of alkyl halides is 2. The number of hydrogen-bond donors (Lipinski definition) is 6. The van der Waals surface area contributed by atoms with Crippen LogP contribution in [0.15, 0.2) is 37.5 Å². The summed E-state index contributed by atoms with van der Waals surface area (Å²) in [6.07, 6.45) is -0.955. The van der Waals surface area contributed by atoms with Gasteiger partial charge in [-0.25, -0.2) is 38.7 Å². The molecule has 4 N–H and O–H groups in total. The third-order valence-electron chi connectivity index (χ3n) is 7.79. The van der Waals surface area contributed by atoms with Gasteiger partial charge in [0.2, 0.25) is 14.5 Å². The summed E-state index contributed by atoms with van der Waals surface area (Å²) in [6.45, 7) is -0.245. The van der Waals surface area contributed by atoms with Crippen LogP contribution in [0.4, 0.5) is 20.4 Å². The van der Waals surface area contributed by atoms with Gasteiger partial charge in [0.1, 0.15) is 37.1 Å². The van der Waals surface area contributed by atoms with Crippen LogP contribution in [0.5, 0.6) is 0 Å². The molecule has 5 unspecified atom stereocenters. The second kappa shape index (κ2) is 16.1. The Bertz CT molecular complexity index is 1840. The van der Waals surface area contributed by atoms with E-state index in [0.717, 1.165) is 0 Å². The predicted octanol–water partition coefficient (Wildman–Crippen LogP) is 2.30. The highest BCUT2D eigenvalue weighted by Crippen LogP contribution is 2.42. The average Bonchev–Trinajstić information content (AvgIpc) is 3.85. The second-order valence-electron chi connectivity index (χ2n) is 10.7. The zero-order valence-corrected chi connectivity index (χ0v) is 29.0. The van der Waals surface area contributed by atoms with Crippen LogP contribution in [-0.2, 0) is 27.7 Å². The maximum atomic E-state index is 15.2. The summed E-state index contributed by atoms with van der Waals surface area (Å²) in [5.41, 5.74) is 1.31. The molecule has 0 saturated carbocycles. The summed E-state index contributed by atoms with van der Waals surface area (Å²) in [5, 5.41) is 25.5. The molecule has 0 radical (unpaired) electrons. The quantitative estimate of drug-likeness (QED) is 0.0442. The van der Waals surface area contributed by atoms with Crippen molar-refractivity contribution < 1.29 is 46.6 Å². The second-order valence-corrected chi connectivity index (χ2v) is 14.5. The molecule has 2 fully saturated rings. The summed E-state index contributed by atoms with van der Waals surface area (Å²) < 4.78 is 77.6. The van der Waals surface area contributed by atoms with Gasteiger partial charge < -0.3 is 39.4 Å². The van der Waals surface area contributed by atoms with Crippen LogP contribution in [0.25, 0.3) is 22.3 Å². The monoisotopic (exact) mass is 764 g/mol. The number of imidazole rings is 2. The molecule has 6 heterocycles. The van der Waals surface area contributed by atoms with E-state index in [4.69, 9.17) is 18.5 Å². The molecule has 0 aliphatic carbocycles. The lowest BCUT2D eigenvalue weighted by Crippen LogP contribution is -2.31. The van der Waals surface area contributed by atoms with Gasteiger partial charge >= 0.3 is 0 Å². The summed E-state index contributed by atoms with van der Waals surface area (Å²) in [4.78, 5) is 25.6. The number of fused-ring (bicyclic) bond motifs is 2. The molecule has 18 nitrogen and oxygen atoms in total. The Labute approximate surface area is 288 Å². The van der Waals surface area contributed by atoms with E-state index in [1.165, 1.54) is 34.4 Å². The van der Waals surface area contributed by atoms with Crippen LogP contribution < -0.4 is 10.6 Å². The number of rotatable bonds is 15. The van der Waals surface area contributed by atoms with Crippen LogP contribution >= 0.6 is 39.0 Å². The molecule has 266 valence electrons. The smallest absolute Gasteiger partial charge is 0.243 e. The number of nitrogens with one attached hydrogen (secondary N) is 2. The molecule has 24 heteroatoms. The van der Waals surface area contributed by atoms with Gasteiger partial charge in [0.25, 0.3) is 0 Å². The topological polar surface area (TPSA) is 223 Å². The molecule has 4 aromatic rings. The largest absolute Gasteiger partial charge is 0.394 e. The Morgan fingerprint density at radius 2 is 1.29 bits per heavy atom. The molecular formula is C25H32F2N10O8P2S2. The van der Waals surface area contributed by atoms with Crippen molar-refractivity contribution in [1.82, 2.24) is 39.0 Å². The average molecular weight is 765 g/mol. The van der Waals surface area contributed by atoms with Crippen LogP contribution in [0, 0.1) is 0 Å². The highest BCUT2D eigenvalue weighted by Gasteiger charge is 2.49. The van der Waals surface area contributed by atoms with Crippen LogP contribution in [0.2, 0.25) is 0 Å². The molecule has 49 heavy (non-hydrogen) atoms. The first-order chi connectivity index (χ1) is 23.7. The zero-order valence-electron chi connectivity index (χ0n) is 25.2. The lowest BCUT2D eigenvalue weighted by atomic mass is 10.1. The minimum atomic E-state index is -2.79. The van der Waals surface area contributed by atoms with Crippen LogP contribution in [0.3, 0.4) is 0 Å².